The molecule has 274 valence electrons. The highest BCUT2D eigenvalue weighted by molar-refractivity contribution is 6.94. The molecule has 4 aliphatic rings. The van der Waals surface area contributed by atoms with Crippen molar-refractivity contribution in [2.75, 3.05) is 9.71 Å². The predicted octanol–water partition coefficient (Wildman–Crippen LogP) is 12.6. The fourth-order valence-corrected chi connectivity index (χ4v) is 11.4. The first kappa shape index (κ1) is 33.4. The SMILES string of the molecule is Cc1cc(C(C)(C)C)ccc1N1B2c3cc(C(C)(C)C)cc4c3N(c3cc5ccccc5c(c32)-c2ccc3c(oc5ccccc53)c21)C1(C)CCCCC41C. The van der Waals surface area contributed by atoms with Crippen molar-refractivity contribution in [1.82, 2.24) is 0 Å². The van der Waals surface area contributed by atoms with Crippen molar-refractivity contribution in [2.45, 2.75) is 110 Å². The number of fused-ring (bicyclic) bond motifs is 13. The van der Waals surface area contributed by atoms with Crippen molar-refractivity contribution in [3.63, 3.8) is 0 Å². The number of hydrogen-bond donors (Lipinski definition) is 0. The van der Waals surface area contributed by atoms with Crippen LogP contribution in [-0.2, 0) is 16.2 Å². The highest BCUT2D eigenvalue weighted by Crippen LogP contribution is 2.63. The molecule has 3 nitrogen and oxygen atoms in total. The minimum atomic E-state index is -0.0558. The molecule has 1 aliphatic carbocycles. The van der Waals surface area contributed by atoms with Crippen molar-refractivity contribution >= 4 is 73.2 Å². The van der Waals surface area contributed by atoms with Crippen LogP contribution in [0.4, 0.5) is 22.7 Å². The standard InChI is InChI=1S/C51H51BN2O/c1-30-26-32(48(2,3)4)20-23-40(30)54-45-37(22-21-36-35-18-12-13-19-42(35)55-47(36)45)43-34-17-11-10-16-31(34)27-41-44(43)52(54)39-29-33(49(5,6)7)28-38-46(39)53(41)51(9)25-15-14-24-50(38,51)8/h10-13,16-23,26-29H,14-15,24-25H2,1-9H3. The third-order valence-electron chi connectivity index (χ3n) is 14.6. The van der Waals surface area contributed by atoms with Gasteiger partial charge in [-0.3, -0.25) is 0 Å². The Labute approximate surface area is 326 Å². The number of aryl methyl sites for hydroxylation is 1. The van der Waals surface area contributed by atoms with E-state index in [2.05, 4.69) is 169 Å². The molecule has 0 N–H and O–H groups in total. The van der Waals surface area contributed by atoms with Crippen molar-refractivity contribution < 1.29 is 4.42 Å². The molecule has 1 aromatic heterocycles. The summed E-state index contributed by atoms with van der Waals surface area (Å²) in [5.41, 5.74) is 18.3. The Morgan fingerprint density at radius 1 is 0.673 bits per heavy atom. The summed E-state index contributed by atoms with van der Waals surface area (Å²) in [6.07, 6.45) is 4.92. The van der Waals surface area contributed by atoms with Crippen LogP contribution in [0.25, 0.3) is 43.8 Å². The summed E-state index contributed by atoms with van der Waals surface area (Å²) < 4.78 is 7.07. The van der Waals surface area contributed by atoms with Crippen LogP contribution < -0.4 is 20.6 Å². The third kappa shape index (κ3) is 4.19. The van der Waals surface area contributed by atoms with Crippen LogP contribution in [0.2, 0.25) is 0 Å². The zero-order chi connectivity index (χ0) is 38.0. The Hall–Kier alpha value is -4.96. The number of nitrogens with zero attached hydrogens (tertiary/aromatic N) is 2. The molecular formula is C51H51BN2O. The molecule has 0 radical (unpaired) electrons. The van der Waals surface area contributed by atoms with Gasteiger partial charge in [0.05, 0.1) is 11.2 Å². The average molecular weight is 719 g/mol. The molecule has 55 heavy (non-hydrogen) atoms. The molecule has 3 aliphatic heterocycles. The number of para-hydroxylation sites is 1. The van der Waals surface area contributed by atoms with Gasteiger partial charge in [0.2, 0.25) is 0 Å². The van der Waals surface area contributed by atoms with E-state index in [0.29, 0.717) is 0 Å². The minimum Gasteiger partial charge on any atom is -0.454 e. The molecule has 0 spiro atoms. The average Bonchev–Trinajstić information content (AvgIpc) is 3.63. The Morgan fingerprint density at radius 2 is 1.40 bits per heavy atom. The smallest absolute Gasteiger partial charge is 0.333 e. The van der Waals surface area contributed by atoms with Crippen molar-refractivity contribution in [1.29, 1.82) is 0 Å². The maximum Gasteiger partial charge on any atom is 0.333 e. The van der Waals surface area contributed by atoms with E-state index < -0.39 is 0 Å². The van der Waals surface area contributed by atoms with Gasteiger partial charge in [0, 0.05) is 38.8 Å². The van der Waals surface area contributed by atoms with Gasteiger partial charge in [0.1, 0.15) is 5.58 Å². The number of hydrogen-bond acceptors (Lipinski definition) is 3. The van der Waals surface area contributed by atoms with Gasteiger partial charge in [0.15, 0.2) is 5.58 Å². The van der Waals surface area contributed by atoms with Gasteiger partial charge in [0.25, 0.3) is 0 Å². The van der Waals surface area contributed by atoms with Crippen molar-refractivity contribution in [3.8, 4) is 11.1 Å². The summed E-state index contributed by atoms with van der Waals surface area (Å²) in [5.74, 6) is 0. The molecule has 1 fully saturated rings. The molecule has 0 amide bonds. The maximum atomic E-state index is 7.07. The zero-order valence-corrected chi connectivity index (χ0v) is 33.9. The van der Waals surface area contributed by atoms with Crippen LogP contribution in [-0.4, -0.2) is 12.4 Å². The predicted molar refractivity (Wildman–Crippen MR) is 235 cm³/mol. The van der Waals surface area contributed by atoms with Crippen molar-refractivity contribution in [3.05, 3.63) is 119 Å². The van der Waals surface area contributed by atoms with E-state index in [-0.39, 0.29) is 28.6 Å². The lowest BCUT2D eigenvalue weighted by Gasteiger charge is -2.53. The molecule has 1 saturated carbocycles. The molecule has 4 heteroatoms. The van der Waals surface area contributed by atoms with E-state index in [0.717, 1.165) is 11.2 Å². The van der Waals surface area contributed by atoms with E-state index in [1.165, 1.54) is 109 Å². The summed E-state index contributed by atoms with van der Waals surface area (Å²) in [7, 11) is 0. The topological polar surface area (TPSA) is 19.6 Å². The van der Waals surface area contributed by atoms with Gasteiger partial charge < -0.3 is 14.1 Å². The second kappa shape index (κ2) is 10.7. The zero-order valence-electron chi connectivity index (χ0n) is 33.9. The van der Waals surface area contributed by atoms with E-state index in [1.807, 2.05) is 0 Å². The lowest BCUT2D eigenvalue weighted by Crippen LogP contribution is -2.65. The number of benzene rings is 6. The second-order valence-corrected chi connectivity index (χ2v) is 19.7. The summed E-state index contributed by atoms with van der Waals surface area (Å²) in [5, 5.41) is 4.95. The number of furan rings is 1. The molecule has 0 bridgehead atoms. The first-order valence-electron chi connectivity index (χ1n) is 20.6. The Kier molecular flexibility index (Phi) is 6.47. The molecule has 4 heterocycles. The quantitative estimate of drug-likeness (QED) is 0.158. The first-order valence-corrected chi connectivity index (χ1v) is 20.6. The maximum absolute atomic E-state index is 7.07. The van der Waals surface area contributed by atoms with Gasteiger partial charge in [-0.1, -0.05) is 134 Å². The Morgan fingerprint density at radius 3 is 2.16 bits per heavy atom. The second-order valence-electron chi connectivity index (χ2n) is 19.7. The molecular weight excluding hydrogens is 667 g/mol. The molecule has 6 aromatic carbocycles. The molecule has 2 atom stereocenters. The normalized spacial score (nSPS) is 21.3. The van der Waals surface area contributed by atoms with Crippen LogP contribution >= 0.6 is 0 Å². The van der Waals surface area contributed by atoms with Gasteiger partial charge in [-0.15, -0.1) is 0 Å². The first-order chi connectivity index (χ1) is 26.2. The van der Waals surface area contributed by atoms with Crippen LogP contribution in [0.3, 0.4) is 0 Å². The third-order valence-corrected chi connectivity index (χ3v) is 14.6. The van der Waals surface area contributed by atoms with E-state index in [9.17, 15) is 0 Å². The fourth-order valence-electron chi connectivity index (χ4n) is 11.4. The molecule has 0 saturated heterocycles. The van der Waals surface area contributed by atoms with E-state index in [1.54, 1.807) is 5.56 Å². The van der Waals surface area contributed by atoms with Gasteiger partial charge >= 0.3 is 6.85 Å². The molecule has 7 aromatic rings. The fraction of sp³-hybridized carbons (Fsp3) is 0.333. The monoisotopic (exact) mass is 718 g/mol. The summed E-state index contributed by atoms with van der Waals surface area (Å²) in [6.45, 7) is 21.6. The molecule has 11 rings (SSSR count). The van der Waals surface area contributed by atoms with E-state index in [4.69, 9.17) is 4.42 Å². The Bertz CT molecular complexity index is 2810. The summed E-state index contributed by atoms with van der Waals surface area (Å²) >= 11 is 0. The van der Waals surface area contributed by atoms with Gasteiger partial charge in [-0.2, -0.15) is 0 Å². The van der Waals surface area contributed by atoms with Gasteiger partial charge in [-0.25, -0.2) is 0 Å². The summed E-state index contributed by atoms with van der Waals surface area (Å²) in [4.78, 5) is 5.58. The largest absolute Gasteiger partial charge is 0.454 e. The van der Waals surface area contributed by atoms with Crippen LogP contribution in [0.5, 0.6) is 0 Å². The molecule has 2 unspecified atom stereocenters. The van der Waals surface area contributed by atoms with Crippen LogP contribution in [0.1, 0.15) is 103 Å². The van der Waals surface area contributed by atoms with Gasteiger partial charge in [-0.05, 0) is 111 Å². The number of anilines is 4. The van der Waals surface area contributed by atoms with Crippen LogP contribution in [0.15, 0.2) is 101 Å². The Balaban J connectivity index is 1.36. The highest BCUT2D eigenvalue weighted by Gasteiger charge is 2.62. The highest BCUT2D eigenvalue weighted by atomic mass is 16.3. The lowest BCUT2D eigenvalue weighted by atomic mass is 9.42. The van der Waals surface area contributed by atoms with Crippen LogP contribution in [0, 0.1) is 6.92 Å². The number of rotatable bonds is 1. The van der Waals surface area contributed by atoms with Crippen molar-refractivity contribution in [2.24, 2.45) is 0 Å². The minimum absolute atomic E-state index is 0.0133. The van der Waals surface area contributed by atoms with E-state index >= 15 is 0 Å². The summed E-state index contributed by atoms with van der Waals surface area (Å²) in [6, 6.07) is 37.4. The lowest BCUT2D eigenvalue weighted by molar-refractivity contribution is 0.195.